The topological polar surface area (TPSA) is 100 Å². The molecule has 0 unspecified atom stereocenters. The van der Waals surface area contributed by atoms with Crippen molar-refractivity contribution in [3.8, 4) is 11.5 Å². The van der Waals surface area contributed by atoms with Crippen LogP contribution in [0.25, 0.3) is 0 Å². The molecule has 146 valence electrons. The predicted molar refractivity (Wildman–Crippen MR) is 94.0 cm³/mol. The van der Waals surface area contributed by atoms with Crippen LogP contribution in [-0.4, -0.2) is 63.4 Å². The van der Waals surface area contributed by atoms with E-state index in [9.17, 15) is 9.59 Å². The highest BCUT2D eigenvalue weighted by molar-refractivity contribution is 5.97. The SMILES string of the molecule is COCCN(Cc1nc(C(=O)OC)co1)C(=O)c1ccc(OC)cc1OC. The molecule has 1 amide bonds. The second kappa shape index (κ2) is 9.58. The summed E-state index contributed by atoms with van der Waals surface area (Å²) in [6, 6.07) is 4.92. The normalized spacial score (nSPS) is 10.4. The van der Waals surface area contributed by atoms with Crippen LogP contribution in [0.1, 0.15) is 26.7 Å². The highest BCUT2D eigenvalue weighted by atomic mass is 16.5. The zero-order chi connectivity index (χ0) is 19.8. The van der Waals surface area contributed by atoms with Gasteiger partial charge in [-0.3, -0.25) is 4.79 Å². The average molecular weight is 378 g/mol. The van der Waals surface area contributed by atoms with Crippen LogP contribution in [0.4, 0.5) is 0 Å². The van der Waals surface area contributed by atoms with Gasteiger partial charge in [0, 0.05) is 19.7 Å². The molecule has 1 heterocycles. The number of esters is 1. The highest BCUT2D eigenvalue weighted by Crippen LogP contribution is 2.26. The van der Waals surface area contributed by atoms with E-state index in [0.717, 1.165) is 0 Å². The first-order chi connectivity index (χ1) is 13.0. The lowest BCUT2D eigenvalue weighted by Crippen LogP contribution is -2.33. The zero-order valence-electron chi connectivity index (χ0n) is 15.7. The Morgan fingerprint density at radius 2 is 1.93 bits per heavy atom. The quantitative estimate of drug-likeness (QED) is 0.609. The van der Waals surface area contributed by atoms with Gasteiger partial charge < -0.3 is 28.3 Å². The minimum atomic E-state index is -0.614. The second-order valence-electron chi connectivity index (χ2n) is 5.40. The van der Waals surface area contributed by atoms with Crippen molar-refractivity contribution < 1.29 is 33.0 Å². The number of rotatable bonds is 9. The minimum Gasteiger partial charge on any atom is -0.497 e. The van der Waals surface area contributed by atoms with Gasteiger partial charge in [-0.1, -0.05) is 0 Å². The molecule has 0 bridgehead atoms. The molecule has 0 spiro atoms. The van der Waals surface area contributed by atoms with Crippen LogP contribution >= 0.6 is 0 Å². The Bertz CT molecular complexity index is 788. The number of carbonyl (C=O) groups excluding carboxylic acids is 2. The first-order valence-electron chi connectivity index (χ1n) is 8.07. The molecule has 0 aliphatic rings. The molecule has 0 saturated heterocycles. The van der Waals surface area contributed by atoms with Crippen LogP contribution < -0.4 is 9.47 Å². The van der Waals surface area contributed by atoms with Gasteiger partial charge in [-0.05, 0) is 12.1 Å². The maximum Gasteiger partial charge on any atom is 0.360 e. The Balaban J connectivity index is 2.26. The van der Waals surface area contributed by atoms with Crippen molar-refractivity contribution in [1.82, 2.24) is 9.88 Å². The molecule has 0 saturated carbocycles. The second-order valence-corrected chi connectivity index (χ2v) is 5.40. The smallest absolute Gasteiger partial charge is 0.360 e. The fourth-order valence-corrected chi connectivity index (χ4v) is 2.34. The summed E-state index contributed by atoms with van der Waals surface area (Å²) in [6.45, 7) is 0.656. The van der Waals surface area contributed by atoms with E-state index in [2.05, 4.69) is 9.72 Å². The third-order valence-corrected chi connectivity index (χ3v) is 3.76. The number of hydrogen-bond acceptors (Lipinski definition) is 8. The van der Waals surface area contributed by atoms with E-state index in [1.54, 1.807) is 18.2 Å². The maximum absolute atomic E-state index is 13.0. The molecule has 0 radical (unpaired) electrons. The average Bonchev–Trinajstić information content (AvgIpc) is 3.17. The number of hydrogen-bond donors (Lipinski definition) is 0. The Morgan fingerprint density at radius 1 is 1.15 bits per heavy atom. The van der Waals surface area contributed by atoms with Gasteiger partial charge in [0.15, 0.2) is 5.69 Å². The van der Waals surface area contributed by atoms with E-state index in [1.807, 2.05) is 0 Å². The van der Waals surface area contributed by atoms with Gasteiger partial charge in [-0.2, -0.15) is 0 Å². The Kier molecular flexibility index (Phi) is 7.18. The summed E-state index contributed by atoms with van der Waals surface area (Å²) >= 11 is 0. The van der Waals surface area contributed by atoms with Crippen LogP contribution in [0.3, 0.4) is 0 Å². The molecule has 0 N–H and O–H groups in total. The fourth-order valence-electron chi connectivity index (χ4n) is 2.34. The van der Waals surface area contributed by atoms with Crippen molar-refractivity contribution in [3.63, 3.8) is 0 Å². The van der Waals surface area contributed by atoms with E-state index in [0.29, 0.717) is 30.2 Å². The summed E-state index contributed by atoms with van der Waals surface area (Å²) in [6.07, 6.45) is 1.19. The molecule has 27 heavy (non-hydrogen) atoms. The number of benzene rings is 1. The number of carbonyl (C=O) groups is 2. The van der Waals surface area contributed by atoms with Crippen LogP contribution in [0.2, 0.25) is 0 Å². The number of methoxy groups -OCH3 is 4. The Labute approximate surface area is 156 Å². The standard InChI is InChI=1S/C18H22N2O7/c1-23-8-7-20(10-16-19-14(11-27-16)18(22)26-4)17(21)13-6-5-12(24-2)9-15(13)25-3/h5-6,9,11H,7-8,10H2,1-4H3. The van der Waals surface area contributed by atoms with Gasteiger partial charge in [0.05, 0.1) is 40.0 Å². The van der Waals surface area contributed by atoms with Gasteiger partial charge in [-0.15, -0.1) is 0 Å². The number of amides is 1. The maximum atomic E-state index is 13.0. The fraction of sp³-hybridized carbons (Fsp3) is 0.389. The molecule has 1 aromatic carbocycles. The Hall–Kier alpha value is -3.07. The van der Waals surface area contributed by atoms with Gasteiger partial charge >= 0.3 is 5.97 Å². The van der Waals surface area contributed by atoms with E-state index < -0.39 is 5.97 Å². The van der Waals surface area contributed by atoms with Crippen molar-refractivity contribution >= 4 is 11.9 Å². The number of nitrogens with zero attached hydrogens (tertiary/aromatic N) is 2. The van der Waals surface area contributed by atoms with Gasteiger partial charge in [0.2, 0.25) is 5.89 Å². The van der Waals surface area contributed by atoms with Crippen molar-refractivity contribution in [2.45, 2.75) is 6.54 Å². The molecule has 9 heteroatoms. The van der Waals surface area contributed by atoms with Crippen LogP contribution in [0.5, 0.6) is 11.5 Å². The third-order valence-electron chi connectivity index (χ3n) is 3.76. The molecule has 0 atom stereocenters. The lowest BCUT2D eigenvalue weighted by molar-refractivity contribution is 0.0594. The number of aromatic nitrogens is 1. The highest BCUT2D eigenvalue weighted by Gasteiger charge is 2.23. The summed E-state index contributed by atoms with van der Waals surface area (Å²) in [7, 11) is 5.79. The van der Waals surface area contributed by atoms with Crippen LogP contribution in [0, 0.1) is 0 Å². The monoisotopic (exact) mass is 378 g/mol. The zero-order valence-corrected chi connectivity index (χ0v) is 15.7. The molecule has 1 aromatic heterocycles. The van der Waals surface area contributed by atoms with Crippen LogP contribution in [0.15, 0.2) is 28.9 Å². The van der Waals surface area contributed by atoms with E-state index in [-0.39, 0.29) is 24.0 Å². The van der Waals surface area contributed by atoms with Crippen molar-refractivity contribution in [2.24, 2.45) is 0 Å². The van der Waals surface area contributed by atoms with E-state index in [4.69, 9.17) is 18.6 Å². The molecule has 0 fully saturated rings. The lowest BCUT2D eigenvalue weighted by atomic mass is 10.1. The van der Waals surface area contributed by atoms with Gasteiger partial charge in [-0.25, -0.2) is 9.78 Å². The molecule has 9 nitrogen and oxygen atoms in total. The van der Waals surface area contributed by atoms with Crippen molar-refractivity contribution in [1.29, 1.82) is 0 Å². The summed E-state index contributed by atoms with van der Waals surface area (Å²) < 4.78 is 25.4. The molecule has 2 aromatic rings. The first-order valence-corrected chi connectivity index (χ1v) is 8.07. The van der Waals surface area contributed by atoms with E-state index >= 15 is 0 Å². The summed E-state index contributed by atoms with van der Waals surface area (Å²) in [5.74, 6) is 0.236. The summed E-state index contributed by atoms with van der Waals surface area (Å²) in [5, 5.41) is 0. The first kappa shape index (κ1) is 20.2. The van der Waals surface area contributed by atoms with Crippen molar-refractivity contribution in [3.05, 3.63) is 41.6 Å². The molecule has 0 aliphatic carbocycles. The number of oxazole rings is 1. The molecular formula is C18H22N2O7. The van der Waals surface area contributed by atoms with Crippen molar-refractivity contribution in [2.75, 3.05) is 41.6 Å². The van der Waals surface area contributed by atoms with Gasteiger partial charge in [0.25, 0.3) is 5.91 Å². The Morgan fingerprint density at radius 3 is 2.56 bits per heavy atom. The molecular weight excluding hydrogens is 356 g/mol. The number of ether oxygens (including phenoxy) is 4. The van der Waals surface area contributed by atoms with Crippen LogP contribution in [-0.2, 0) is 16.0 Å². The molecule has 2 rings (SSSR count). The minimum absolute atomic E-state index is 0.0358. The largest absolute Gasteiger partial charge is 0.497 e. The molecule has 0 aliphatic heterocycles. The predicted octanol–water partition coefficient (Wildman–Crippen LogP) is 1.77. The lowest BCUT2D eigenvalue weighted by Gasteiger charge is -2.22. The summed E-state index contributed by atoms with van der Waals surface area (Å²) in [5.41, 5.74) is 0.391. The van der Waals surface area contributed by atoms with E-state index in [1.165, 1.54) is 39.6 Å². The van der Waals surface area contributed by atoms with Gasteiger partial charge in [0.1, 0.15) is 17.8 Å². The summed E-state index contributed by atoms with van der Waals surface area (Å²) in [4.78, 5) is 30.1. The third kappa shape index (κ3) is 4.98.